The van der Waals surface area contributed by atoms with Crippen LogP contribution in [0.15, 0.2) is 61.4 Å². The van der Waals surface area contributed by atoms with Crippen LogP contribution in [0.3, 0.4) is 0 Å². The van der Waals surface area contributed by atoms with Crippen molar-refractivity contribution in [2.75, 3.05) is 6.54 Å². The van der Waals surface area contributed by atoms with Crippen LogP contribution in [-0.2, 0) is 29.2 Å². The zero-order valence-electron chi connectivity index (χ0n) is 17.2. The van der Waals surface area contributed by atoms with E-state index in [4.69, 9.17) is 14.6 Å². The predicted molar refractivity (Wildman–Crippen MR) is 108 cm³/mol. The Bertz CT molecular complexity index is 1060. The molecular formula is C21H20F3N5O4. The molecule has 0 saturated carbocycles. The second-order valence-electron chi connectivity index (χ2n) is 7.03. The Kier molecular flexibility index (Phi) is 7.72. The van der Waals surface area contributed by atoms with Gasteiger partial charge in [-0.3, -0.25) is 14.8 Å². The fourth-order valence-corrected chi connectivity index (χ4v) is 3.08. The van der Waals surface area contributed by atoms with Gasteiger partial charge in [0, 0.05) is 43.2 Å². The van der Waals surface area contributed by atoms with Gasteiger partial charge in [0.1, 0.15) is 5.69 Å². The van der Waals surface area contributed by atoms with Crippen molar-refractivity contribution in [3.63, 3.8) is 0 Å². The summed E-state index contributed by atoms with van der Waals surface area (Å²) < 4.78 is 40.0. The molecule has 0 aromatic carbocycles. The molecule has 33 heavy (non-hydrogen) atoms. The van der Waals surface area contributed by atoms with E-state index in [0.29, 0.717) is 31.9 Å². The zero-order valence-corrected chi connectivity index (χ0v) is 17.2. The summed E-state index contributed by atoms with van der Waals surface area (Å²) in [5.41, 5.74) is 2.43. The van der Waals surface area contributed by atoms with E-state index in [1.54, 1.807) is 23.5 Å². The first kappa shape index (κ1) is 23.9. The smallest absolute Gasteiger partial charge is 0.475 e. The number of amides is 1. The van der Waals surface area contributed by atoms with Gasteiger partial charge in [-0.2, -0.15) is 13.2 Å². The van der Waals surface area contributed by atoms with Crippen LogP contribution < -0.4 is 0 Å². The lowest BCUT2D eigenvalue weighted by Crippen LogP contribution is -2.37. The Morgan fingerprint density at radius 3 is 2.48 bits per heavy atom. The second kappa shape index (κ2) is 10.7. The van der Waals surface area contributed by atoms with Gasteiger partial charge in [0.2, 0.25) is 0 Å². The van der Waals surface area contributed by atoms with E-state index < -0.39 is 12.1 Å². The summed E-state index contributed by atoms with van der Waals surface area (Å²) >= 11 is 0. The maximum atomic E-state index is 12.9. The average molecular weight is 463 g/mol. The number of ether oxygens (including phenoxy) is 1. The third kappa shape index (κ3) is 6.84. The molecule has 1 aliphatic rings. The molecule has 3 aromatic heterocycles. The van der Waals surface area contributed by atoms with E-state index in [2.05, 4.69) is 19.5 Å². The molecule has 0 spiro atoms. The quantitative estimate of drug-likeness (QED) is 0.633. The molecule has 1 unspecified atom stereocenters. The first-order valence-corrected chi connectivity index (χ1v) is 9.74. The number of aromatic nitrogens is 4. The molecule has 0 fully saturated rings. The number of fused-ring (bicyclic) bond motifs is 1. The molecule has 0 bridgehead atoms. The minimum Gasteiger partial charge on any atom is -0.475 e. The highest BCUT2D eigenvalue weighted by Crippen LogP contribution is 2.18. The van der Waals surface area contributed by atoms with Gasteiger partial charge >= 0.3 is 12.1 Å². The third-order valence-electron chi connectivity index (χ3n) is 4.62. The molecule has 0 radical (unpaired) electrons. The molecule has 1 amide bonds. The van der Waals surface area contributed by atoms with Gasteiger partial charge in [-0.1, -0.05) is 6.07 Å². The lowest BCUT2D eigenvalue weighted by Gasteiger charge is -2.24. The van der Waals surface area contributed by atoms with Crippen molar-refractivity contribution < 1.29 is 32.6 Å². The number of hydrogen-bond acceptors (Lipinski definition) is 6. The monoisotopic (exact) mass is 463 g/mol. The number of hydrogen-bond donors (Lipinski definition) is 1. The number of halogens is 3. The van der Waals surface area contributed by atoms with Crippen molar-refractivity contribution in [3.05, 3.63) is 78.4 Å². The summed E-state index contributed by atoms with van der Waals surface area (Å²) in [6.45, 7) is 2.18. The van der Waals surface area contributed by atoms with E-state index in [-0.39, 0.29) is 12.0 Å². The molecule has 4 heterocycles. The van der Waals surface area contributed by atoms with Crippen LogP contribution in [0.25, 0.3) is 0 Å². The Labute approximate surface area is 186 Å². The fourth-order valence-electron chi connectivity index (χ4n) is 3.08. The molecule has 1 N–H and O–H groups in total. The molecule has 1 atom stereocenters. The van der Waals surface area contributed by atoms with Gasteiger partial charge in [-0.05, 0) is 23.8 Å². The Hall–Kier alpha value is -3.80. The van der Waals surface area contributed by atoms with Gasteiger partial charge < -0.3 is 19.3 Å². The largest absolute Gasteiger partial charge is 0.490 e. The summed E-state index contributed by atoms with van der Waals surface area (Å²) in [5.74, 6) is -2.89. The topological polar surface area (TPSA) is 110 Å². The van der Waals surface area contributed by atoms with Gasteiger partial charge in [-0.15, -0.1) is 0 Å². The first-order valence-electron chi connectivity index (χ1n) is 9.74. The van der Waals surface area contributed by atoms with Gasteiger partial charge in [0.15, 0.2) is 0 Å². The van der Waals surface area contributed by atoms with Crippen molar-refractivity contribution in [2.24, 2.45) is 0 Å². The van der Waals surface area contributed by atoms with Crippen LogP contribution in [0, 0.1) is 0 Å². The summed E-state index contributed by atoms with van der Waals surface area (Å²) in [5, 5.41) is 7.12. The number of nitrogens with zero attached hydrogens (tertiary/aromatic N) is 5. The van der Waals surface area contributed by atoms with Crippen LogP contribution in [0.4, 0.5) is 13.2 Å². The molecule has 1 aliphatic heterocycles. The fraction of sp³-hybridized carbons (Fsp3) is 0.286. The summed E-state index contributed by atoms with van der Waals surface area (Å²) in [6, 6.07) is 7.89. The number of rotatable bonds is 4. The number of carboxylic acids is 1. The highest BCUT2D eigenvalue weighted by molar-refractivity contribution is 5.92. The molecule has 12 heteroatoms. The summed E-state index contributed by atoms with van der Waals surface area (Å²) in [7, 11) is 0. The SMILES string of the molecule is O=C(O)C(F)(F)F.O=C(c1cnccn1)N1Cc2cccn2CC(OCc2cccnc2)C1. The van der Waals surface area contributed by atoms with E-state index in [1.165, 1.54) is 12.4 Å². The van der Waals surface area contributed by atoms with E-state index in [0.717, 1.165) is 11.3 Å². The highest BCUT2D eigenvalue weighted by atomic mass is 19.4. The Morgan fingerprint density at radius 1 is 1.09 bits per heavy atom. The van der Waals surface area contributed by atoms with E-state index in [1.807, 2.05) is 30.5 Å². The number of aliphatic carboxylic acids is 1. The van der Waals surface area contributed by atoms with Crippen molar-refractivity contribution in [1.29, 1.82) is 0 Å². The van der Waals surface area contributed by atoms with Gasteiger partial charge in [0.25, 0.3) is 5.91 Å². The molecule has 9 nitrogen and oxygen atoms in total. The normalized spacial score (nSPS) is 15.6. The predicted octanol–water partition coefficient (Wildman–Crippen LogP) is 2.55. The molecule has 0 saturated heterocycles. The lowest BCUT2D eigenvalue weighted by molar-refractivity contribution is -0.192. The standard InChI is InChI=1S/C19H19N5O2.C2HF3O2/c25-19(18-10-21-6-7-22-18)24-11-16-4-2-8-23(16)12-17(13-24)26-14-15-3-1-5-20-9-15;3-2(4,5)1(6)7/h1-10,17H,11-14H2;(H,6,7). The van der Waals surface area contributed by atoms with Crippen LogP contribution >= 0.6 is 0 Å². The highest BCUT2D eigenvalue weighted by Gasteiger charge is 2.38. The van der Waals surface area contributed by atoms with Crippen LogP contribution in [-0.4, -0.2) is 60.2 Å². The molecule has 3 aromatic rings. The maximum Gasteiger partial charge on any atom is 0.490 e. The van der Waals surface area contributed by atoms with E-state index >= 15 is 0 Å². The van der Waals surface area contributed by atoms with Crippen molar-refractivity contribution in [2.45, 2.75) is 32.0 Å². The molecule has 174 valence electrons. The number of carbonyl (C=O) groups is 2. The van der Waals surface area contributed by atoms with Gasteiger partial charge in [-0.25, -0.2) is 9.78 Å². The molecular weight excluding hydrogens is 443 g/mol. The lowest BCUT2D eigenvalue weighted by atomic mass is 10.2. The molecule has 0 aliphatic carbocycles. The van der Waals surface area contributed by atoms with Crippen molar-refractivity contribution >= 4 is 11.9 Å². The van der Waals surface area contributed by atoms with Crippen LogP contribution in [0.2, 0.25) is 0 Å². The Morgan fingerprint density at radius 2 is 1.85 bits per heavy atom. The first-order chi connectivity index (χ1) is 15.7. The number of carbonyl (C=O) groups excluding carboxylic acids is 1. The number of carboxylic acid groups (broad SMARTS) is 1. The van der Waals surface area contributed by atoms with E-state index in [9.17, 15) is 18.0 Å². The van der Waals surface area contributed by atoms with Crippen LogP contribution in [0.1, 0.15) is 21.7 Å². The van der Waals surface area contributed by atoms with Crippen molar-refractivity contribution in [1.82, 2.24) is 24.4 Å². The second-order valence-corrected chi connectivity index (χ2v) is 7.03. The summed E-state index contributed by atoms with van der Waals surface area (Å²) in [4.78, 5) is 35.8. The Balaban J connectivity index is 0.000000383. The summed E-state index contributed by atoms with van der Waals surface area (Å²) in [6.07, 6.45) is 4.94. The number of pyridine rings is 1. The minimum atomic E-state index is -5.08. The number of alkyl halides is 3. The minimum absolute atomic E-state index is 0.121. The van der Waals surface area contributed by atoms with Crippen molar-refractivity contribution in [3.8, 4) is 0 Å². The van der Waals surface area contributed by atoms with Crippen LogP contribution in [0.5, 0.6) is 0 Å². The molecule has 4 rings (SSSR count). The average Bonchev–Trinajstić information content (AvgIpc) is 3.16. The zero-order chi connectivity index (χ0) is 23.8. The third-order valence-corrected chi connectivity index (χ3v) is 4.62. The van der Waals surface area contributed by atoms with Gasteiger partial charge in [0.05, 0.1) is 32.0 Å². The maximum absolute atomic E-state index is 12.9.